The summed E-state index contributed by atoms with van der Waals surface area (Å²) in [4.78, 5) is 10.1. The van der Waals surface area contributed by atoms with Crippen molar-refractivity contribution in [1.29, 1.82) is 0 Å². The van der Waals surface area contributed by atoms with E-state index in [1.54, 1.807) is 12.8 Å². The average molecular weight is 218 g/mol. The summed E-state index contributed by atoms with van der Waals surface area (Å²) >= 11 is 0. The first-order valence-electron chi connectivity index (χ1n) is 4.57. The molecule has 0 aliphatic heterocycles. The molecule has 0 saturated carbocycles. The Morgan fingerprint density at radius 3 is 2.60 bits per heavy atom. The van der Waals surface area contributed by atoms with Gasteiger partial charge >= 0.3 is 5.97 Å². The number of halogens is 1. The third kappa shape index (κ3) is 3.86. The van der Waals surface area contributed by atoms with Crippen LogP contribution in [0.3, 0.4) is 0 Å². The molecule has 86 valence electrons. The lowest BCUT2D eigenvalue weighted by molar-refractivity contribution is -0.130. The first-order valence-corrected chi connectivity index (χ1v) is 4.57. The van der Waals surface area contributed by atoms with Crippen LogP contribution in [0.25, 0.3) is 0 Å². The summed E-state index contributed by atoms with van der Waals surface area (Å²) in [5, 5.41) is 17.3. The molecule has 0 spiro atoms. The van der Waals surface area contributed by atoms with E-state index in [4.69, 9.17) is 14.9 Å². The van der Waals surface area contributed by atoms with Gasteiger partial charge in [-0.15, -0.1) is 0 Å². The summed E-state index contributed by atoms with van der Waals surface area (Å²) in [5.41, 5.74) is -1.42. The molecule has 2 atom stereocenters. The number of aliphatic hydroxyl groups excluding tert-OH is 1. The topological polar surface area (TPSA) is 66.8 Å². The van der Waals surface area contributed by atoms with Gasteiger partial charge in [0.1, 0.15) is 5.60 Å². The second kappa shape index (κ2) is 6.38. The van der Waals surface area contributed by atoms with Gasteiger partial charge in [-0.2, -0.15) is 0 Å². The molecule has 0 aromatic rings. The summed E-state index contributed by atoms with van der Waals surface area (Å²) in [7, 11) is 1.26. The number of carboxylic acid groups (broad SMARTS) is 1. The monoisotopic (exact) mass is 218 g/mol. The molecule has 0 amide bonds. The Hall–Kier alpha value is -1.12. The normalized spacial score (nSPS) is 16.0. The Balaban J connectivity index is 4.77. The van der Waals surface area contributed by atoms with Crippen molar-refractivity contribution in [1.82, 2.24) is 0 Å². The predicted octanol–water partition coefficient (Wildman–Crippen LogP) is 0.590. The molecule has 4 nitrogen and oxygen atoms in total. The highest BCUT2D eigenvalue weighted by molar-refractivity contribution is 5.86. The molecular formula is C10H15FO4. The van der Waals surface area contributed by atoms with E-state index in [0.29, 0.717) is 6.42 Å². The highest BCUT2D eigenvalue weighted by atomic mass is 19.1. The lowest BCUT2D eigenvalue weighted by atomic mass is 9.93. The number of carboxylic acids is 1. The van der Waals surface area contributed by atoms with E-state index in [2.05, 4.69) is 0 Å². The molecule has 0 aromatic carbocycles. The lowest BCUT2D eigenvalue weighted by Crippen LogP contribution is -2.44. The quantitative estimate of drug-likeness (QED) is 0.663. The van der Waals surface area contributed by atoms with Gasteiger partial charge in [-0.25, -0.2) is 9.18 Å². The molecule has 5 heteroatoms. The van der Waals surface area contributed by atoms with Crippen molar-refractivity contribution in [3.63, 3.8) is 0 Å². The van der Waals surface area contributed by atoms with Crippen LogP contribution >= 0.6 is 0 Å². The van der Waals surface area contributed by atoms with Crippen LogP contribution in [0, 0.1) is 11.8 Å². The second-order valence-electron chi connectivity index (χ2n) is 3.11. The molecule has 0 unspecified atom stereocenters. The number of ether oxygens (including phenoxy) is 1. The Kier molecular flexibility index (Phi) is 5.90. The van der Waals surface area contributed by atoms with E-state index >= 15 is 0 Å². The van der Waals surface area contributed by atoms with Gasteiger partial charge in [-0.1, -0.05) is 19.3 Å². The molecule has 0 fully saturated rings. The summed E-state index contributed by atoms with van der Waals surface area (Å²) in [5.74, 6) is 2.18. The fourth-order valence-corrected chi connectivity index (χ4v) is 1.24. The minimum Gasteiger partial charge on any atom is -0.472 e. The van der Waals surface area contributed by atoms with E-state index in [1.165, 1.54) is 7.11 Å². The summed E-state index contributed by atoms with van der Waals surface area (Å²) in [6.07, 6.45) is -0.942. The first kappa shape index (κ1) is 13.9. The largest absolute Gasteiger partial charge is 0.472 e. The maximum absolute atomic E-state index is 13.5. The van der Waals surface area contributed by atoms with Crippen molar-refractivity contribution in [3.8, 4) is 11.8 Å². The number of rotatable bonds is 5. The number of carbonyl (C=O) groups is 1. The maximum atomic E-state index is 13.5. The third-order valence-electron chi connectivity index (χ3n) is 2.12. The van der Waals surface area contributed by atoms with Crippen LogP contribution in [0.15, 0.2) is 0 Å². The molecule has 0 rings (SSSR count). The Labute approximate surface area is 88.1 Å². The van der Waals surface area contributed by atoms with Crippen LogP contribution in [-0.4, -0.2) is 41.7 Å². The summed E-state index contributed by atoms with van der Waals surface area (Å²) in [6.45, 7) is 1.27. The standard InChI is InChI=1S/C10H15FO4/c1-3-6-10(7-12,15-2)8(11)4-5-9(13)14/h8,12H,3,6-7H2,1-2H3,(H,13,14)/t8-,10+/m1/s1. The van der Waals surface area contributed by atoms with Gasteiger partial charge < -0.3 is 14.9 Å². The summed E-state index contributed by atoms with van der Waals surface area (Å²) in [6, 6.07) is 0. The highest BCUT2D eigenvalue weighted by Gasteiger charge is 2.37. The van der Waals surface area contributed by atoms with Crippen molar-refractivity contribution in [3.05, 3.63) is 0 Å². The van der Waals surface area contributed by atoms with Crippen molar-refractivity contribution >= 4 is 5.97 Å². The number of aliphatic carboxylic acids is 1. The number of aliphatic hydroxyl groups is 1. The molecule has 0 radical (unpaired) electrons. The zero-order chi connectivity index (χ0) is 11.9. The van der Waals surface area contributed by atoms with Crippen molar-refractivity contribution < 1.29 is 24.1 Å². The van der Waals surface area contributed by atoms with Gasteiger partial charge in [0.2, 0.25) is 0 Å². The Morgan fingerprint density at radius 1 is 1.67 bits per heavy atom. The fourth-order valence-electron chi connectivity index (χ4n) is 1.24. The number of hydrogen-bond donors (Lipinski definition) is 2. The van der Waals surface area contributed by atoms with E-state index in [1.807, 2.05) is 5.92 Å². The minimum absolute atomic E-state index is 0.273. The molecule has 0 aromatic heterocycles. The highest BCUT2D eigenvalue weighted by Crippen LogP contribution is 2.23. The third-order valence-corrected chi connectivity index (χ3v) is 2.12. The van der Waals surface area contributed by atoms with Gasteiger partial charge in [-0.05, 0) is 6.42 Å². The Bertz CT molecular complexity index is 262. The van der Waals surface area contributed by atoms with Gasteiger partial charge in [0, 0.05) is 13.0 Å². The molecule has 0 bridgehead atoms. The predicted molar refractivity (Wildman–Crippen MR) is 52.0 cm³/mol. The zero-order valence-corrected chi connectivity index (χ0v) is 8.79. The van der Waals surface area contributed by atoms with Gasteiger partial charge in [-0.3, -0.25) is 0 Å². The fraction of sp³-hybridized carbons (Fsp3) is 0.700. The van der Waals surface area contributed by atoms with Crippen molar-refractivity contribution in [2.45, 2.75) is 31.5 Å². The molecule has 2 N–H and O–H groups in total. The van der Waals surface area contributed by atoms with E-state index in [0.717, 1.165) is 0 Å². The summed E-state index contributed by atoms with van der Waals surface area (Å²) < 4.78 is 18.4. The van der Waals surface area contributed by atoms with Crippen molar-refractivity contribution in [2.24, 2.45) is 0 Å². The smallest absolute Gasteiger partial charge is 0.382 e. The van der Waals surface area contributed by atoms with E-state index in [9.17, 15) is 9.18 Å². The SMILES string of the molecule is CCC[C@@](CO)(OC)[C@H](F)C#CC(=O)O. The van der Waals surface area contributed by atoms with E-state index in [-0.39, 0.29) is 6.42 Å². The molecule has 15 heavy (non-hydrogen) atoms. The molecule has 0 aliphatic rings. The lowest BCUT2D eigenvalue weighted by Gasteiger charge is -2.30. The van der Waals surface area contributed by atoms with Gasteiger partial charge in [0.15, 0.2) is 6.17 Å². The molecule has 0 aliphatic carbocycles. The number of hydrogen-bond acceptors (Lipinski definition) is 3. The second-order valence-corrected chi connectivity index (χ2v) is 3.11. The van der Waals surface area contributed by atoms with Crippen molar-refractivity contribution in [2.75, 3.05) is 13.7 Å². The van der Waals surface area contributed by atoms with Crippen LogP contribution in [0.5, 0.6) is 0 Å². The number of alkyl halides is 1. The average Bonchev–Trinajstić information content (AvgIpc) is 2.22. The molecule has 0 saturated heterocycles. The van der Waals surface area contributed by atoms with Crippen LogP contribution < -0.4 is 0 Å². The maximum Gasteiger partial charge on any atom is 0.382 e. The minimum atomic E-state index is -1.82. The number of methoxy groups -OCH3 is 1. The van der Waals surface area contributed by atoms with Crippen LogP contribution in [-0.2, 0) is 9.53 Å². The van der Waals surface area contributed by atoms with Gasteiger partial charge in [0.25, 0.3) is 0 Å². The van der Waals surface area contributed by atoms with Gasteiger partial charge in [0.05, 0.1) is 6.61 Å². The van der Waals surface area contributed by atoms with E-state index < -0.39 is 24.3 Å². The molecule has 0 heterocycles. The van der Waals surface area contributed by atoms with Crippen LogP contribution in [0.1, 0.15) is 19.8 Å². The molecular weight excluding hydrogens is 203 g/mol. The van der Waals surface area contributed by atoms with Crippen LogP contribution in [0.2, 0.25) is 0 Å². The van der Waals surface area contributed by atoms with Crippen LogP contribution in [0.4, 0.5) is 4.39 Å². The Morgan fingerprint density at radius 2 is 2.27 bits per heavy atom. The first-order chi connectivity index (χ1) is 7.02. The zero-order valence-electron chi connectivity index (χ0n) is 8.79.